The van der Waals surface area contributed by atoms with Crippen LogP contribution in [0.3, 0.4) is 0 Å². The van der Waals surface area contributed by atoms with Crippen LogP contribution in [0.1, 0.15) is 22.3 Å². The largest absolute Gasteiger partial charge is 0.192 e. The summed E-state index contributed by atoms with van der Waals surface area (Å²) in [6.07, 6.45) is 5.22. The molecule has 0 saturated carbocycles. The van der Waals surface area contributed by atoms with Gasteiger partial charge in [0.25, 0.3) is 0 Å². The Hall–Kier alpha value is -6.99. The number of hydrogen-bond acceptors (Lipinski definition) is 3. The normalized spacial score (nSPS) is 10.7. The van der Waals surface area contributed by atoms with Gasteiger partial charge in [-0.3, -0.25) is 0 Å². The molecule has 0 radical (unpaired) electrons. The lowest BCUT2D eigenvalue weighted by atomic mass is 9.85. The number of hydrogen-bond donors (Lipinski definition) is 0. The molecule has 0 aliphatic heterocycles. The van der Waals surface area contributed by atoms with E-state index < -0.39 is 0 Å². The second-order valence-corrected chi connectivity index (χ2v) is 11.1. The van der Waals surface area contributed by atoms with E-state index in [2.05, 4.69) is 31.4 Å². The van der Waals surface area contributed by atoms with Crippen LogP contribution >= 0.6 is 0 Å². The second-order valence-electron chi connectivity index (χ2n) is 11.1. The number of nitrogens with zero attached hydrogens (tertiary/aromatic N) is 3. The topological polar surface area (TPSA) is 71.4 Å². The summed E-state index contributed by atoms with van der Waals surface area (Å²) in [7, 11) is 0. The van der Waals surface area contributed by atoms with Gasteiger partial charge in [-0.05, 0) is 51.6 Å². The van der Waals surface area contributed by atoms with E-state index in [1.165, 1.54) is 0 Å². The number of benzene rings is 6. The summed E-state index contributed by atoms with van der Waals surface area (Å²) in [5.74, 6) is 0. The summed E-state index contributed by atoms with van der Waals surface area (Å²) in [5.41, 5.74) is 11.3. The third kappa shape index (κ3) is 5.87. The second kappa shape index (κ2) is 14.0. The number of nitriles is 3. The van der Waals surface area contributed by atoms with Gasteiger partial charge in [-0.2, -0.15) is 15.8 Å². The Morgan fingerprint density at radius 3 is 1.19 bits per heavy atom. The number of rotatable bonds is 8. The third-order valence-corrected chi connectivity index (χ3v) is 8.39. The zero-order valence-electron chi connectivity index (χ0n) is 26.2. The Bertz CT molecular complexity index is 2220. The molecule has 0 fully saturated rings. The highest BCUT2D eigenvalue weighted by Crippen LogP contribution is 2.40. The lowest BCUT2D eigenvalue weighted by Crippen LogP contribution is -1.96. The molecule has 3 nitrogen and oxygen atoms in total. The van der Waals surface area contributed by atoms with E-state index in [-0.39, 0.29) is 0 Å². The first kappa shape index (κ1) is 31.0. The Kier molecular flexibility index (Phi) is 9.03. The highest BCUT2D eigenvalue weighted by molar-refractivity contribution is 5.92. The van der Waals surface area contributed by atoms with Gasteiger partial charge in [0, 0.05) is 33.4 Å². The molecule has 6 rings (SSSR count). The van der Waals surface area contributed by atoms with Crippen LogP contribution in [0.25, 0.3) is 61.2 Å². The van der Waals surface area contributed by atoms with Gasteiger partial charge in [0.2, 0.25) is 0 Å². The zero-order valence-corrected chi connectivity index (χ0v) is 26.2. The summed E-state index contributed by atoms with van der Waals surface area (Å²) in [6, 6.07) is 50.6. The van der Waals surface area contributed by atoms with Gasteiger partial charge in [0.15, 0.2) is 0 Å². The van der Waals surface area contributed by atoms with E-state index >= 15 is 0 Å². The van der Waals surface area contributed by atoms with Crippen molar-refractivity contribution in [3.8, 4) is 73.8 Å². The molecule has 3 heteroatoms. The molecular formula is C45H29N3. The maximum absolute atomic E-state index is 10.5. The molecule has 0 bridgehead atoms. The first-order chi connectivity index (χ1) is 23.6. The van der Waals surface area contributed by atoms with Crippen molar-refractivity contribution in [3.63, 3.8) is 0 Å². The summed E-state index contributed by atoms with van der Waals surface area (Å²) < 4.78 is 0. The van der Waals surface area contributed by atoms with Crippen LogP contribution in [0.2, 0.25) is 0 Å². The molecule has 48 heavy (non-hydrogen) atoms. The van der Waals surface area contributed by atoms with E-state index in [1.54, 1.807) is 12.2 Å². The molecule has 0 amide bonds. The van der Waals surface area contributed by atoms with Crippen molar-refractivity contribution in [1.29, 1.82) is 15.8 Å². The smallest absolute Gasteiger partial charge is 0.100 e. The van der Waals surface area contributed by atoms with Gasteiger partial charge in [-0.25, -0.2) is 0 Å². The molecule has 224 valence electrons. The summed E-state index contributed by atoms with van der Waals surface area (Å²) in [5, 5.41) is 31.6. The van der Waals surface area contributed by atoms with E-state index in [4.69, 9.17) is 0 Å². The third-order valence-electron chi connectivity index (χ3n) is 8.39. The predicted molar refractivity (Wildman–Crippen MR) is 196 cm³/mol. The highest BCUT2D eigenvalue weighted by atomic mass is 14.3. The molecule has 0 N–H and O–H groups in total. The summed E-state index contributed by atoms with van der Waals surface area (Å²) >= 11 is 0. The molecule has 6 aromatic rings. The van der Waals surface area contributed by atoms with Gasteiger partial charge in [0.05, 0.1) is 16.7 Å². The van der Waals surface area contributed by atoms with Crippen molar-refractivity contribution in [2.45, 2.75) is 0 Å². The minimum absolute atomic E-state index is 0.491. The maximum atomic E-state index is 10.5. The molecule has 0 saturated heterocycles. The zero-order chi connectivity index (χ0) is 33.5. The first-order valence-corrected chi connectivity index (χ1v) is 15.4. The maximum Gasteiger partial charge on any atom is 0.100 e. The fourth-order valence-electron chi connectivity index (χ4n) is 6.19. The van der Waals surface area contributed by atoms with E-state index in [0.29, 0.717) is 16.7 Å². The SMILES string of the molecule is C=C/C=C(\C=C)c1cccc(-c2cc(-c3cccc(-c4ccccc4)c3C#N)cc(-c3cccc(-c4ccccc4)c3C#N)c2)c1C#N. The van der Waals surface area contributed by atoms with Gasteiger partial charge in [-0.1, -0.05) is 147 Å². The molecule has 0 heterocycles. The average Bonchev–Trinajstić information content (AvgIpc) is 3.16. The molecule has 0 aromatic heterocycles. The van der Waals surface area contributed by atoms with Gasteiger partial charge < -0.3 is 0 Å². The van der Waals surface area contributed by atoms with E-state index in [0.717, 1.165) is 66.8 Å². The van der Waals surface area contributed by atoms with Crippen LogP contribution in [0.15, 0.2) is 165 Å². The van der Waals surface area contributed by atoms with Crippen LogP contribution in [0.5, 0.6) is 0 Å². The van der Waals surface area contributed by atoms with Crippen molar-refractivity contribution in [2.24, 2.45) is 0 Å². The Morgan fingerprint density at radius 1 is 0.438 bits per heavy atom. The monoisotopic (exact) mass is 611 g/mol. The first-order valence-electron chi connectivity index (χ1n) is 15.4. The molecular weight excluding hydrogens is 583 g/mol. The molecule has 0 aliphatic carbocycles. The van der Waals surface area contributed by atoms with Crippen molar-refractivity contribution in [2.75, 3.05) is 0 Å². The Labute approximate surface area is 281 Å². The van der Waals surface area contributed by atoms with Crippen LogP contribution < -0.4 is 0 Å². The van der Waals surface area contributed by atoms with Gasteiger partial charge in [0.1, 0.15) is 18.2 Å². The molecule has 0 aliphatic rings. The van der Waals surface area contributed by atoms with Crippen molar-refractivity contribution in [1.82, 2.24) is 0 Å². The van der Waals surface area contributed by atoms with Crippen molar-refractivity contribution in [3.05, 3.63) is 187 Å². The predicted octanol–water partition coefficient (Wildman–Crippen LogP) is 11.4. The van der Waals surface area contributed by atoms with E-state index in [1.807, 2.05) is 140 Å². The summed E-state index contributed by atoms with van der Waals surface area (Å²) in [4.78, 5) is 0. The van der Waals surface area contributed by atoms with Gasteiger partial charge >= 0.3 is 0 Å². The van der Waals surface area contributed by atoms with Crippen LogP contribution in [-0.2, 0) is 0 Å². The Morgan fingerprint density at radius 2 is 0.812 bits per heavy atom. The molecule has 6 aromatic carbocycles. The Balaban J connectivity index is 1.67. The number of allylic oxidation sites excluding steroid dienone is 4. The molecule has 0 unspecified atom stereocenters. The van der Waals surface area contributed by atoms with E-state index in [9.17, 15) is 15.8 Å². The minimum atomic E-state index is 0.491. The molecule has 0 spiro atoms. The standard InChI is InChI=1S/C45H29N3/c1-3-14-31(4-2)37-19-11-22-40(43(37)28-46)34-25-35(41-23-12-20-38(44(41)29-47)32-15-7-5-8-16-32)27-36(26-34)42-24-13-21-39(45(42)30-48)33-17-9-6-10-18-33/h3-27H,1-2H2/b31-14+. The van der Waals surface area contributed by atoms with Crippen molar-refractivity contribution < 1.29 is 0 Å². The fraction of sp³-hybridized carbons (Fsp3) is 0. The fourth-order valence-corrected chi connectivity index (χ4v) is 6.19. The van der Waals surface area contributed by atoms with Crippen molar-refractivity contribution >= 4 is 5.57 Å². The average molecular weight is 612 g/mol. The minimum Gasteiger partial charge on any atom is -0.192 e. The van der Waals surface area contributed by atoms with Gasteiger partial charge in [-0.15, -0.1) is 0 Å². The van der Waals surface area contributed by atoms with Crippen LogP contribution in [-0.4, -0.2) is 0 Å². The van der Waals surface area contributed by atoms with Crippen LogP contribution in [0, 0.1) is 34.0 Å². The van der Waals surface area contributed by atoms with Crippen LogP contribution in [0.4, 0.5) is 0 Å². The lowest BCUT2D eigenvalue weighted by Gasteiger charge is -2.17. The lowest BCUT2D eigenvalue weighted by molar-refractivity contribution is 1.44. The highest BCUT2D eigenvalue weighted by Gasteiger charge is 2.19. The quantitative estimate of drug-likeness (QED) is 0.161. The summed E-state index contributed by atoms with van der Waals surface area (Å²) in [6.45, 7) is 7.79. The molecule has 0 atom stereocenters.